The molecule has 0 N–H and O–H groups in total. The lowest BCUT2D eigenvalue weighted by Gasteiger charge is -2.24. The minimum Gasteiger partial charge on any atom is -0.489 e. The maximum absolute atomic E-state index is 14.0. The zero-order valence-electron chi connectivity index (χ0n) is 21.3. The number of hydrogen-bond donors (Lipinski definition) is 0. The number of carbonyl (C=O) groups excluding carboxylic acids is 2. The van der Waals surface area contributed by atoms with Crippen molar-refractivity contribution in [3.63, 3.8) is 0 Å². The third kappa shape index (κ3) is 5.45. The molecule has 1 amide bonds. The van der Waals surface area contributed by atoms with E-state index in [9.17, 15) is 31.2 Å². The number of fused-ring (bicyclic) bond motifs is 1. The van der Waals surface area contributed by atoms with Gasteiger partial charge in [-0.1, -0.05) is 5.21 Å². The summed E-state index contributed by atoms with van der Waals surface area (Å²) in [4.78, 5) is 26.6. The van der Waals surface area contributed by atoms with Crippen molar-refractivity contribution in [2.45, 2.75) is 49.7 Å². The molecule has 1 atom stereocenters. The molecule has 0 saturated carbocycles. The molecule has 2 aliphatic heterocycles. The van der Waals surface area contributed by atoms with Crippen LogP contribution in [0.15, 0.2) is 47.5 Å². The average Bonchev–Trinajstić information content (AvgIpc) is 3.65. The number of ketones is 1. The maximum atomic E-state index is 14.0. The van der Waals surface area contributed by atoms with Crippen LogP contribution in [0.3, 0.4) is 0 Å². The highest BCUT2D eigenvalue weighted by Crippen LogP contribution is 2.34. The van der Waals surface area contributed by atoms with Gasteiger partial charge in [0.2, 0.25) is 10.0 Å². The summed E-state index contributed by atoms with van der Waals surface area (Å²) in [6.07, 6.45) is 4.15. The molecule has 1 fully saturated rings. The fraction of sp³-hybridized carbons (Fsp3) is 0.385. The number of aromatic nitrogens is 3. The van der Waals surface area contributed by atoms with Crippen molar-refractivity contribution < 1.29 is 35.9 Å². The largest absolute Gasteiger partial charge is 0.489 e. The quantitative estimate of drug-likeness (QED) is 0.254. The Morgan fingerprint density at radius 1 is 1.07 bits per heavy atom. The number of anilines is 1. The second kappa shape index (κ2) is 11.4. The van der Waals surface area contributed by atoms with E-state index in [1.165, 1.54) is 32.1 Å². The molecule has 3 aromatic rings. The van der Waals surface area contributed by atoms with Gasteiger partial charge in [0, 0.05) is 12.6 Å². The van der Waals surface area contributed by atoms with Crippen LogP contribution in [0.4, 0.5) is 18.9 Å². The number of unbranched alkanes of at least 4 members (excludes halogenated alkanes) is 1. The van der Waals surface area contributed by atoms with Crippen LogP contribution < -0.4 is 9.64 Å². The molecule has 5 rings (SSSR count). The van der Waals surface area contributed by atoms with Gasteiger partial charge >= 0.3 is 5.91 Å². The lowest BCUT2D eigenvalue weighted by Crippen LogP contribution is -2.39. The second-order valence-corrected chi connectivity index (χ2v) is 11.5. The van der Waals surface area contributed by atoms with Gasteiger partial charge in [-0.2, -0.15) is 4.31 Å². The standard InChI is InChI=1S/C26H26F3N5O5S/c27-10-2-1-4-18-14-32(31-30-18)16-33-23-8-7-20(13-21(23)25(35)26(33)36)40(37,38)34-11-3-5-19(34)15-39-24-9-6-17(28)12-22(24)29/h6-9,12-14,19H,1-5,10-11,15-16H2/t19-/m0/s1. The summed E-state index contributed by atoms with van der Waals surface area (Å²) >= 11 is 0. The Balaban J connectivity index is 1.32. The molecule has 0 spiro atoms. The van der Waals surface area contributed by atoms with E-state index >= 15 is 0 Å². The summed E-state index contributed by atoms with van der Waals surface area (Å²) in [6.45, 7) is -0.482. The molecule has 0 unspecified atom stereocenters. The molecule has 40 heavy (non-hydrogen) atoms. The zero-order chi connectivity index (χ0) is 28.4. The van der Waals surface area contributed by atoms with Crippen LogP contribution in [0.5, 0.6) is 5.75 Å². The van der Waals surface area contributed by atoms with Crippen LogP contribution in [0.2, 0.25) is 0 Å². The van der Waals surface area contributed by atoms with Gasteiger partial charge in [-0.15, -0.1) is 5.10 Å². The maximum Gasteiger partial charge on any atom is 0.301 e. The van der Waals surface area contributed by atoms with Crippen molar-refractivity contribution in [1.29, 1.82) is 0 Å². The van der Waals surface area contributed by atoms with E-state index in [1.807, 2.05) is 0 Å². The summed E-state index contributed by atoms with van der Waals surface area (Å²) in [5, 5.41) is 7.97. The van der Waals surface area contributed by atoms with Crippen molar-refractivity contribution in [3.8, 4) is 5.75 Å². The molecule has 0 bridgehead atoms. The highest BCUT2D eigenvalue weighted by molar-refractivity contribution is 7.89. The van der Waals surface area contributed by atoms with Gasteiger partial charge < -0.3 is 4.74 Å². The van der Waals surface area contributed by atoms with E-state index in [0.717, 1.165) is 12.1 Å². The van der Waals surface area contributed by atoms with Gasteiger partial charge in [0.15, 0.2) is 11.6 Å². The van der Waals surface area contributed by atoms with Gasteiger partial charge in [0.05, 0.1) is 40.8 Å². The van der Waals surface area contributed by atoms with Gasteiger partial charge in [0.25, 0.3) is 5.78 Å². The van der Waals surface area contributed by atoms with E-state index < -0.39 is 46.1 Å². The van der Waals surface area contributed by atoms with Crippen LogP contribution in [0.1, 0.15) is 41.7 Å². The van der Waals surface area contributed by atoms with Gasteiger partial charge in [-0.05, 0) is 62.4 Å². The Morgan fingerprint density at radius 2 is 1.90 bits per heavy atom. The predicted molar refractivity (Wildman–Crippen MR) is 136 cm³/mol. The molecule has 0 aliphatic carbocycles. The molecule has 1 saturated heterocycles. The number of carbonyl (C=O) groups is 2. The number of hydrogen-bond acceptors (Lipinski definition) is 7. The first-order chi connectivity index (χ1) is 19.2. The molecule has 3 heterocycles. The second-order valence-electron chi connectivity index (χ2n) is 9.58. The first kappa shape index (κ1) is 27.8. The fourth-order valence-corrected chi connectivity index (χ4v) is 6.56. The number of alkyl halides is 1. The summed E-state index contributed by atoms with van der Waals surface area (Å²) in [6, 6.07) is 6.17. The smallest absolute Gasteiger partial charge is 0.301 e. The number of benzene rings is 2. The summed E-state index contributed by atoms with van der Waals surface area (Å²) in [5.41, 5.74) is 0.825. The van der Waals surface area contributed by atoms with E-state index in [4.69, 9.17) is 4.74 Å². The van der Waals surface area contributed by atoms with Crippen molar-refractivity contribution >= 4 is 27.4 Å². The zero-order valence-corrected chi connectivity index (χ0v) is 22.1. The van der Waals surface area contributed by atoms with E-state index in [0.29, 0.717) is 43.9 Å². The topological polar surface area (TPSA) is 115 Å². The Hall–Kier alpha value is -3.78. The normalized spacial score (nSPS) is 17.6. The molecule has 2 aliphatic rings. The number of halogens is 3. The van der Waals surface area contributed by atoms with Crippen LogP contribution in [0, 0.1) is 11.6 Å². The summed E-state index contributed by atoms with van der Waals surface area (Å²) in [5.74, 6) is -3.50. The molecular weight excluding hydrogens is 551 g/mol. The number of sulfonamides is 1. The number of amides is 1. The van der Waals surface area contributed by atoms with E-state index in [2.05, 4.69) is 10.3 Å². The van der Waals surface area contributed by atoms with Gasteiger partial charge in [-0.3, -0.25) is 18.9 Å². The predicted octanol–water partition coefficient (Wildman–Crippen LogP) is 3.27. The van der Waals surface area contributed by atoms with Gasteiger partial charge in [-0.25, -0.2) is 21.9 Å². The first-order valence-electron chi connectivity index (χ1n) is 12.7. The minimum atomic E-state index is -4.09. The van der Waals surface area contributed by atoms with Crippen LogP contribution in [0.25, 0.3) is 0 Å². The molecule has 2 aromatic carbocycles. The summed E-state index contributed by atoms with van der Waals surface area (Å²) < 4.78 is 74.6. The molecule has 14 heteroatoms. The van der Waals surface area contributed by atoms with Gasteiger partial charge in [0.1, 0.15) is 19.1 Å². The van der Waals surface area contributed by atoms with Crippen molar-refractivity contribution in [2.75, 3.05) is 24.7 Å². The number of rotatable bonds is 11. The lowest BCUT2D eigenvalue weighted by molar-refractivity contribution is -0.114. The summed E-state index contributed by atoms with van der Waals surface area (Å²) in [7, 11) is -4.09. The number of nitrogens with zero attached hydrogens (tertiary/aromatic N) is 5. The molecule has 0 radical (unpaired) electrons. The van der Waals surface area contributed by atoms with E-state index in [-0.39, 0.29) is 41.7 Å². The lowest BCUT2D eigenvalue weighted by atomic mass is 10.1. The Bertz CT molecular complexity index is 1550. The van der Waals surface area contributed by atoms with Crippen LogP contribution in [-0.2, 0) is 27.9 Å². The Kier molecular flexibility index (Phi) is 7.90. The van der Waals surface area contributed by atoms with Crippen molar-refractivity contribution in [3.05, 3.63) is 65.5 Å². The third-order valence-electron chi connectivity index (χ3n) is 6.89. The number of aryl methyl sites for hydroxylation is 1. The Morgan fingerprint density at radius 3 is 2.67 bits per heavy atom. The minimum absolute atomic E-state index is 0.0465. The fourth-order valence-electron chi connectivity index (χ4n) is 4.85. The average molecular weight is 578 g/mol. The van der Waals surface area contributed by atoms with Crippen molar-refractivity contribution in [1.82, 2.24) is 19.3 Å². The van der Waals surface area contributed by atoms with E-state index in [1.54, 1.807) is 6.20 Å². The first-order valence-corrected chi connectivity index (χ1v) is 14.2. The molecular formula is C26H26F3N5O5S. The monoisotopic (exact) mass is 577 g/mol. The molecule has 10 nitrogen and oxygen atoms in total. The Labute approximate surface area is 228 Å². The number of Topliss-reactive ketones (excluding diaryl/α,β-unsaturated/α-hetero) is 1. The highest BCUT2D eigenvalue weighted by atomic mass is 32.2. The highest BCUT2D eigenvalue weighted by Gasteiger charge is 2.40. The van der Waals surface area contributed by atoms with Crippen LogP contribution >= 0.6 is 0 Å². The molecule has 1 aromatic heterocycles. The third-order valence-corrected chi connectivity index (χ3v) is 8.83. The number of ether oxygens (including phenoxy) is 1. The SMILES string of the molecule is O=C1C(=O)N(Cn2cc(CCCCF)nn2)c2ccc(S(=O)(=O)N3CCC[C@H]3COc3ccc(F)cc3F)cc21. The van der Waals surface area contributed by atoms with Crippen LogP contribution in [-0.4, -0.2) is 65.3 Å². The van der Waals surface area contributed by atoms with Crippen molar-refractivity contribution in [2.24, 2.45) is 0 Å². The molecule has 212 valence electrons.